The molecule has 0 aromatic rings. The van der Waals surface area contributed by atoms with Crippen molar-refractivity contribution in [3.8, 4) is 0 Å². The van der Waals surface area contributed by atoms with E-state index in [1.807, 2.05) is 13.8 Å². The van der Waals surface area contributed by atoms with Crippen LogP contribution in [0.3, 0.4) is 0 Å². The van der Waals surface area contributed by atoms with Crippen molar-refractivity contribution in [2.24, 2.45) is 5.92 Å². The summed E-state index contributed by atoms with van der Waals surface area (Å²) in [4.78, 5) is 39.8. The van der Waals surface area contributed by atoms with Gasteiger partial charge < -0.3 is 14.4 Å². The van der Waals surface area contributed by atoms with E-state index in [1.165, 1.54) is 21.0 Å². The van der Waals surface area contributed by atoms with E-state index in [1.54, 1.807) is 20.8 Å². The summed E-state index contributed by atoms with van der Waals surface area (Å²) in [6, 6.07) is -2.44. The van der Waals surface area contributed by atoms with Gasteiger partial charge in [0, 0.05) is 26.9 Å². The fourth-order valence-electron chi connectivity index (χ4n) is 2.66. The van der Waals surface area contributed by atoms with Crippen molar-refractivity contribution in [3.63, 3.8) is 0 Å². The maximum Gasteiger partial charge on any atom is 0.410 e. The van der Waals surface area contributed by atoms with Gasteiger partial charge in [0.2, 0.25) is 11.8 Å². The molecule has 2 atom stereocenters. The van der Waals surface area contributed by atoms with E-state index in [4.69, 9.17) is 4.74 Å². The van der Waals surface area contributed by atoms with Crippen LogP contribution in [0, 0.1) is 5.92 Å². The smallest absolute Gasteiger partial charge is 0.410 e. The van der Waals surface area contributed by atoms with E-state index in [2.05, 4.69) is 4.74 Å². The van der Waals surface area contributed by atoms with E-state index in [0.29, 0.717) is 0 Å². The fourth-order valence-corrected chi connectivity index (χ4v) is 2.66. The van der Waals surface area contributed by atoms with Crippen LogP contribution in [0.5, 0.6) is 0 Å². The lowest BCUT2D eigenvalue weighted by atomic mass is 9.99. The van der Waals surface area contributed by atoms with Gasteiger partial charge in [-0.15, -0.1) is 0 Å². The molecule has 0 aromatic heterocycles. The minimum Gasteiger partial charge on any atom is -0.467 e. The Morgan fingerprint density at radius 3 is 1.90 bits per heavy atom. The quantitative estimate of drug-likeness (QED) is 0.530. The molecule has 0 saturated heterocycles. The second-order valence-corrected chi connectivity index (χ2v) is 8.64. The molecule has 2 amide bonds. The molecular formula is C20H36F2N2O5. The maximum absolute atomic E-state index is 14.0. The SMILES string of the molecule is CCC(F)(F)CC(C(=O)OC)N(C)C(=O)[C@H](CC(C)C)N(C)C(=O)OC(C)(C)C. The Labute approximate surface area is 172 Å². The number of likely N-dealkylation sites (N-methyl/N-ethyl adjacent to an activating group) is 2. The summed E-state index contributed by atoms with van der Waals surface area (Å²) in [7, 11) is 3.77. The van der Waals surface area contributed by atoms with Crippen LogP contribution in [0.2, 0.25) is 0 Å². The summed E-state index contributed by atoms with van der Waals surface area (Å²) in [6.45, 7) is 10.1. The fraction of sp³-hybridized carbons (Fsp3) is 0.850. The zero-order valence-corrected chi connectivity index (χ0v) is 19.0. The van der Waals surface area contributed by atoms with Crippen LogP contribution in [0.15, 0.2) is 0 Å². The molecule has 170 valence electrons. The van der Waals surface area contributed by atoms with Gasteiger partial charge in [-0.1, -0.05) is 20.8 Å². The van der Waals surface area contributed by atoms with Gasteiger partial charge >= 0.3 is 12.1 Å². The molecule has 0 spiro atoms. The molecule has 0 aromatic carbocycles. The monoisotopic (exact) mass is 422 g/mol. The predicted octanol–water partition coefficient (Wildman–Crippen LogP) is 3.70. The number of nitrogens with zero attached hydrogens (tertiary/aromatic N) is 2. The lowest BCUT2D eigenvalue weighted by Gasteiger charge is -2.36. The average Bonchev–Trinajstić information content (AvgIpc) is 2.60. The average molecular weight is 423 g/mol. The minimum atomic E-state index is -3.14. The van der Waals surface area contributed by atoms with Crippen LogP contribution < -0.4 is 0 Å². The topological polar surface area (TPSA) is 76.2 Å². The summed E-state index contributed by atoms with van der Waals surface area (Å²) in [6.07, 6.45) is -1.77. The Kier molecular flexibility index (Phi) is 10.0. The number of esters is 1. The number of methoxy groups -OCH3 is 1. The zero-order valence-electron chi connectivity index (χ0n) is 19.0. The number of hydrogen-bond donors (Lipinski definition) is 0. The van der Waals surface area contributed by atoms with Crippen LogP contribution in [0.25, 0.3) is 0 Å². The molecule has 0 aliphatic rings. The van der Waals surface area contributed by atoms with Gasteiger partial charge in [0.15, 0.2) is 0 Å². The van der Waals surface area contributed by atoms with E-state index in [0.717, 1.165) is 16.9 Å². The third kappa shape index (κ3) is 8.95. The first-order valence-corrected chi connectivity index (χ1v) is 9.74. The molecule has 0 N–H and O–H groups in total. The Morgan fingerprint density at radius 2 is 1.52 bits per heavy atom. The summed E-state index contributed by atoms with van der Waals surface area (Å²) >= 11 is 0. The Balaban J connectivity index is 5.78. The number of hydrogen-bond acceptors (Lipinski definition) is 5. The highest BCUT2D eigenvalue weighted by Gasteiger charge is 2.41. The minimum absolute atomic E-state index is 0.0240. The maximum atomic E-state index is 14.0. The van der Waals surface area contributed by atoms with Crippen molar-refractivity contribution in [2.45, 2.75) is 84.4 Å². The highest BCUT2D eigenvalue weighted by molar-refractivity contribution is 5.89. The number of rotatable bonds is 9. The number of carbonyl (C=O) groups is 3. The van der Waals surface area contributed by atoms with Gasteiger partial charge in [-0.2, -0.15) is 0 Å². The predicted molar refractivity (Wildman–Crippen MR) is 106 cm³/mol. The Hall–Kier alpha value is -1.93. The van der Waals surface area contributed by atoms with Crippen molar-refractivity contribution in [1.29, 1.82) is 0 Å². The third-order valence-electron chi connectivity index (χ3n) is 4.43. The number of amides is 2. The Bertz CT molecular complexity index is 576. The molecule has 0 aliphatic carbocycles. The van der Waals surface area contributed by atoms with E-state index in [9.17, 15) is 23.2 Å². The molecule has 9 heteroatoms. The second kappa shape index (κ2) is 10.7. The standard InChI is InChI=1S/C20H36F2N2O5/c1-10-20(21,22)12-15(17(26)28-9)23(7)16(25)14(11-13(2)3)24(8)18(27)29-19(4,5)6/h13-15H,10-12H2,1-9H3/t14-,15?/m0/s1. The molecule has 1 unspecified atom stereocenters. The number of ether oxygens (including phenoxy) is 2. The van der Waals surface area contributed by atoms with Crippen molar-refractivity contribution >= 4 is 18.0 Å². The van der Waals surface area contributed by atoms with Crippen molar-refractivity contribution in [2.75, 3.05) is 21.2 Å². The number of carbonyl (C=O) groups excluding carboxylic acids is 3. The van der Waals surface area contributed by atoms with Gasteiger partial charge in [0.05, 0.1) is 7.11 Å². The molecule has 0 bridgehead atoms. The lowest BCUT2D eigenvalue weighted by molar-refractivity contribution is -0.158. The highest BCUT2D eigenvalue weighted by atomic mass is 19.3. The van der Waals surface area contributed by atoms with E-state index in [-0.39, 0.29) is 12.3 Å². The molecule has 29 heavy (non-hydrogen) atoms. The largest absolute Gasteiger partial charge is 0.467 e. The first-order valence-electron chi connectivity index (χ1n) is 9.74. The summed E-state index contributed by atoms with van der Waals surface area (Å²) in [5.74, 6) is -4.68. The van der Waals surface area contributed by atoms with Crippen molar-refractivity contribution in [3.05, 3.63) is 0 Å². The first kappa shape index (κ1) is 27.1. The van der Waals surface area contributed by atoms with Crippen LogP contribution in [-0.2, 0) is 19.1 Å². The summed E-state index contributed by atoms with van der Waals surface area (Å²) in [5, 5.41) is 0. The zero-order chi connectivity index (χ0) is 23.2. The van der Waals surface area contributed by atoms with Crippen molar-refractivity contribution in [1.82, 2.24) is 9.80 Å². The molecule has 0 rings (SSSR count). The molecule has 0 aliphatic heterocycles. The van der Waals surface area contributed by atoms with Gasteiger partial charge in [-0.3, -0.25) is 9.69 Å². The van der Waals surface area contributed by atoms with Gasteiger partial charge in [0.25, 0.3) is 0 Å². The molecule has 0 heterocycles. The third-order valence-corrected chi connectivity index (χ3v) is 4.43. The first-order chi connectivity index (χ1) is 13.1. The normalized spacial score (nSPS) is 14.2. The molecule has 0 fully saturated rings. The van der Waals surface area contributed by atoms with Crippen LogP contribution >= 0.6 is 0 Å². The molecule has 0 radical (unpaired) electrons. The lowest BCUT2D eigenvalue weighted by Crippen LogP contribution is -2.55. The van der Waals surface area contributed by atoms with Crippen molar-refractivity contribution < 1.29 is 32.6 Å². The molecule has 7 nitrogen and oxygen atoms in total. The Morgan fingerprint density at radius 1 is 1.00 bits per heavy atom. The van der Waals surface area contributed by atoms with Crippen LogP contribution in [0.4, 0.5) is 13.6 Å². The van der Waals surface area contributed by atoms with Crippen LogP contribution in [-0.4, -0.2) is 72.6 Å². The highest BCUT2D eigenvalue weighted by Crippen LogP contribution is 2.27. The summed E-state index contributed by atoms with van der Waals surface area (Å²) < 4.78 is 37.9. The van der Waals surface area contributed by atoms with Gasteiger partial charge in [-0.25, -0.2) is 18.4 Å². The van der Waals surface area contributed by atoms with E-state index < -0.39 is 54.4 Å². The number of alkyl halides is 2. The van der Waals surface area contributed by atoms with Crippen LogP contribution in [0.1, 0.15) is 60.8 Å². The second-order valence-electron chi connectivity index (χ2n) is 8.64. The van der Waals surface area contributed by atoms with Gasteiger partial charge in [-0.05, 0) is 33.1 Å². The van der Waals surface area contributed by atoms with Gasteiger partial charge in [0.1, 0.15) is 17.7 Å². The molecule has 0 saturated carbocycles. The summed E-state index contributed by atoms with van der Waals surface area (Å²) in [5.41, 5.74) is -0.763. The molecular weight excluding hydrogens is 386 g/mol. The number of halogens is 2. The van der Waals surface area contributed by atoms with E-state index >= 15 is 0 Å².